The number of fused-ring (bicyclic) bond motifs is 1. The Balaban J connectivity index is 0.816. The van der Waals surface area contributed by atoms with Gasteiger partial charge in [-0.2, -0.15) is 15.0 Å². The van der Waals surface area contributed by atoms with Crippen LogP contribution in [0, 0.1) is 18.8 Å². The van der Waals surface area contributed by atoms with E-state index in [1.807, 2.05) is 13.8 Å². The van der Waals surface area contributed by atoms with Gasteiger partial charge in [-0.3, -0.25) is 52.2 Å². The van der Waals surface area contributed by atoms with Gasteiger partial charge in [0, 0.05) is 68.6 Å². The van der Waals surface area contributed by atoms with Crippen LogP contribution in [-0.4, -0.2) is 205 Å². The standard InChI is InChI=1S/C56H80N16O27P4S4/c1-28(2)30-16-43(68-8-4-40(58)62-53(68)77)92-36(30)23-90-103(107,86-15-14-85-13-12-84-11-7-57)99-34-20-46(71-21-29(3)50(75)67-56(71)80)94-39(34)26-89-102(83,106)98-33-19-47(72-27-61-48-49(72)65-52(60)66-51(48)76)95-38(33)25-88-101(82,105)97-32-18-45(69-9-5-41(59)63-54(69)78)93-37(32)24-87-100(81,104)96-31-17-44(91-35(31)22-73)70-10-6-42(74)64-55(70)79/h4-6,8-10,21,27-28,30-39,43-47,73H,7,11-20,22-26,57H2,1-3H3,(H,81,104)(H,82,105)(H,83,106)(H2,58,62,77)(H2,59,63,78)(H,64,74,79)(H,67,75,80)(H3,60,65,66,76)/t30-,31+,32+,33+,34+,35+,36+,37+,38+,39+,43+,44+,45+,46+,47+,100?,101?,102?,103?/m0/s1. The third-order valence-corrected chi connectivity index (χ3v) is 24.7. The van der Waals surface area contributed by atoms with Crippen LogP contribution < -0.4 is 62.4 Å². The van der Waals surface area contributed by atoms with Gasteiger partial charge in [-0.25, -0.2) is 24.2 Å². The first-order valence-electron chi connectivity index (χ1n) is 33.1. The maximum atomic E-state index is 13.5. The van der Waals surface area contributed by atoms with Crippen molar-refractivity contribution in [3.63, 3.8) is 0 Å². The second-order valence-corrected chi connectivity index (χ2v) is 36.6. The first kappa shape index (κ1) is 82.6. The first-order chi connectivity index (χ1) is 50.8. The van der Waals surface area contributed by atoms with Crippen molar-refractivity contribution in [2.75, 3.05) is 89.8 Å². The summed E-state index contributed by atoms with van der Waals surface area (Å²) in [7, 11) is 0. The molecule has 6 aromatic heterocycles. The topological polar surface area (TPSA) is 576 Å². The van der Waals surface area contributed by atoms with Crippen molar-refractivity contribution in [3.8, 4) is 0 Å². The summed E-state index contributed by atoms with van der Waals surface area (Å²) in [5.74, 6) is -0.581. The molecule has 51 heteroatoms. The molecule has 4 unspecified atom stereocenters. The van der Waals surface area contributed by atoms with Gasteiger partial charge in [0.1, 0.15) is 67.2 Å². The van der Waals surface area contributed by atoms with E-state index >= 15 is 0 Å². The summed E-state index contributed by atoms with van der Waals surface area (Å²) in [5, 5.41) is 10.2. The number of aryl methyl sites for hydroxylation is 1. The van der Waals surface area contributed by atoms with Crippen LogP contribution in [-0.2, 0) is 121 Å². The van der Waals surface area contributed by atoms with Crippen molar-refractivity contribution in [2.45, 2.75) is 139 Å². The number of H-pyrrole nitrogens is 3. The minimum Gasteiger partial charge on any atom is -0.394 e. The molecule has 0 saturated carbocycles. The first-order valence-corrected chi connectivity index (χ1v) is 43.4. The fourth-order valence-corrected chi connectivity index (χ4v) is 18.9. The summed E-state index contributed by atoms with van der Waals surface area (Å²) in [6.07, 6.45) is -10.5. The number of anilines is 3. The lowest BCUT2D eigenvalue weighted by molar-refractivity contribution is -0.0573. The average Bonchev–Trinajstić information content (AvgIpc) is 1.64. The zero-order valence-corrected chi connectivity index (χ0v) is 63.9. The van der Waals surface area contributed by atoms with Crippen LogP contribution in [0.1, 0.15) is 82.7 Å². The molecule has 0 aliphatic carbocycles. The van der Waals surface area contributed by atoms with Crippen LogP contribution in [0.4, 0.5) is 17.6 Å². The molecule has 5 aliphatic rings. The lowest BCUT2D eigenvalue weighted by atomic mass is 9.89. The van der Waals surface area contributed by atoms with E-state index in [2.05, 4.69) is 34.9 Å². The van der Waals surface area contributed by atoms with Crippen molar-refractivity contribution in [1.29, 1.82) is 0 Å². The Kier molecular flexibility index (Phi) is 27.4. The number of rotatable bonds is 36. The molecule has 5 saturated heterocycles. The van der Waals surface area contributed by atoms with E-state index < -0.39 is 179 Å². The van der Waals surface area contributed by atoms with Crippen LogP contribution in [0.3, 0.4) is 0 Å². The molecule has 19 atom stereocenters. The zero-order valence-electron chi connectivity index (χ0n) is 57.1. The monoisotopic (exact) mass is 1660 g/mol. The minimum absolute atomic E-state index is 0.00782. The predicted octanol–water partition coefficient (Wildman–Crippen LogP) is -1.02. The largest absolute Gasteiger partial charge is 0.394 e. The Hall–Kier alpha value is -5.37. The molecule has 11 heterocycles. The molecule has 0 bridgehead atoms. The normalized spacial score (nSPS) is 28.3. The molecule has 11 rings (SSSR count). The third kappa shape index (κ3) is 21.1. The quantitative estimate of drug-likeness (QED) is 0.0166. The molecule has 6 aromatic rings. The summed E-state index contributed by atoms with van der Waals surface area (Å²) in [6, 6.07) is 3.87. The van der Waals surface area contributed by atoms with E-state index in [1.54, 1.807) is 0 Å². The second-order valence-electron chi connectivity index (χ2n) is 25.2. The van der Waals surface area contributed by atoms with Crippen molar-refractivity contribution in [2.24, 2.45) is 17.6 Å². The van der Waals surface area contributed by atoms with Crippen LogP contribution in [0.15, 0.2) is 82.9 Å². The summed E-state index contributed by atoms with van der Waals surface area (Å²) in [6.45, 7) is -14.3. The second kappa shape index (κ2) is 35.5. The van der Waals surface area contributed by atoms with E-state index in [-0.39, 0.29) is 105 Å². The van der Waals surface area contributed by atoms with Gasteiger partial charge in [0.05, 0.1) is 103 Å². The smallest absolute Gasteiger partial charge is 0.351 e. The highest BCUT2D eigenvalue weighted by molar-refractivity contribution is 8.08. The van der Waals surface area contributed by atoms with Gasteiger partial charge in [-0.15, -0.1) is 0 Å². The molecule has 5 fully saturated rings. The predicted molar refractivity (Wildman–Crippen MR) is 388 cm³/mol. The molecular weight excluding hydrogens is 1580 g/mol. The summed E-state index contributed by atoms with van der Waals surface area (Å²) in [4.78, 5) is 148. The Morgan fingerprint density at radius 3 is 1.53 bits per heavy atom. The van der Waals surface area contributed by atoms with Gasteiger partial charge in [-0.05, 0) is 84.5 Å². The maximum absolute atomic E-state index is 13.5. The van der Waals surface area contributed by atoms with Gasteiger partial charge in [0.25, 0.3) is 16.7 Å². The lowest BCUT2D eigenvalue weighted by Gasteiger charge is -2.30. The molecule has 0 aromatic carbocycles. The number of hydrogen-bond acceptors (Lipinski definition) is 36. The Bertz CT molecular complexity index is 4780. The van der Waals surface area contributed by atoms with E-state index in [0.717, 1.165) is 19.8 Å². The Morgan fingerprint density at radius 1 is 0.542 bits per heavy atom. The van der Waals surface area contributed by atoms with Gasteiger partial charge in [-0.1, -0.05) is 13.8 Å². The van der Waals surface area contributed by atoms with E-state index in [0.29, 0.717) is 19.6 Å². The number of aromatic amines is 3. The van der Waals surface area contributed by atoms with Crippen molar-refractivity contribution < 1.29 is 93.7 Å². The Labute approximate surface area is 625 Å². The lowest BCUT2D eigenvalue weighted by Crippen LogP contribution is -2.33. The molecule has 5 aliphatic heterocycles. The van der Waals surface area contributed by atoms with Gasteiger partial charge in [0.15, 0.2) is 11.2 Å². The fraction of sp³-hybridized carbons (Fsp3) is 0.625. The zero-order chi connectivity index (χ0) is 76.9. The molecule has 0 radical (unpaired) electrons. The Morgan fingerprint density at radius 2 is 1.00 bits per heavy atom. The van der Waals surface area contributed by atoms with Crippen molar-refractivity contribution >= 4 is 103 Å². The maximum Gasteiger partial charge on any atom is 0.351 e. The van der Waals surface area contributed by atoms with Crippen LogP contribution in [0.2, 0.25) is 0 Å². The fourth-order valence-electron chi connectivity index (χ4n) is 12.4. The molecule has 0 amide bonds. The number of nitrogens with zero attached hydrogens (tertiary/aromatic N) is 9. The molecule has 590 valence electrons. The number of ether oxygens (including phenoxy) is 7. The van der Waals surface area contributed by atoms with Crippen molar-refractivity contribution in [1.82, 2.24) is 57.7 Å². The molecule has 15 N–H and O–H groups in total. The number of nitrogens with two attached hydrogens (primary N) is 4. The van der Waals surface area contributed by atoms with Crippen molar-refractivity contribution in [3.05, 3.63) is 128 Å². The van der Waals surface area contributed by atoms with E-state index in [4.69, 9.17) is 144 Å². The van der Waals surface area contributed by atoms with Crippen LogP contribution in [0.5, 0.6) is 0 Å². The number of nitrogens with one attached hydrogen (secondary N) is 3. The minimum atomic E-state index is -4.60. The summed E-state index contributed by atoms with van der Waals surface area (Å²) < 4.78 is 104. The highest BCUT2D eigenvalue weighted by Crippen LogP contribution is 2.57. The van der Waals surface area contributed by atoms with Gasteiger partial charge in [0.2, 0.25) is 5.95 Å². The van der Waals surface area contributed by atoms with E-state index in [1.165, 1.54) is 59.3 Å². The highest BCUT2D eigenvalue weighted by atomic mass is 32.5. The number of nitrogen functional groups attached to an aromatic ring is 3. The molecule has 43 nitrogen and oxygen atoms in total. The van der Waals surface area contributed by atoms with Crippen LogP contribution >= 0.6 is 26.9 Å². The SMILES string of the molecule is Cc1cn([C@H]2C[C@@H](OP(=S)(OCCOCCOCCN)OC[C@H]3O[C@@H](n4ccc(N)nc4=O)C[C@H]3C(C)C)[C@@H](COP(O)(=S)O[C@@H]3C[C@H](n4cnc5c(=O)[nH]c(N)nc54)O[C@@H]3COP(O)(=S)O[C@@H]3C[C@H](n4ccc(N)nc4=O)O[C@@H]3COP(O)(=S)O[C@@H]3C[C@H](n4ccc(=O)[nH]c4=O)O[C@@H]3CO)O2)c(=O)[nH]c1=O. The third-order valence-electron chi connectivity index (χ3n) is 17.5. The van der Waals surface area contributed by atoms with E-state index in [9.17, 15) is 53.3 Å². The number of imidazole rings is 1. The number of aliphatic hydroxyl groups is 1. The molecule has 0 spiro atoms. The van der Waals surface area contributed by atoms with Gasteiger partial charge < -0.3 is 117 Å². The van der Waals surface area contributed by atoms with Gasteiger partial charge >= 0.3 is 49.6 Å². The number of aliphatic hydroxyl groups excluding tert-OH is 1. The average molecular weight is 1660 g/mol. The summed E-state index contributed by atoms with van der Waals surface area (Å²) >= 11 is 22.8. The highest BCUT2D eigenvalue weighted by Gasteiger charge is 2.49. The number of hydrogen-bond donors (Lipinski definition) is 11. The molecule has 107 heavy (non-hydrogen) atoms. The van der Waals surface area contributed by atoms with Crippen LogP contribution in [0.25, 0.3) is 11.2 Å². The molecular formula is C56H80N16O27P4S4. The summed E-state index contributed by atoms with van der Waals surface area (Å²) in [5.41, 5.74) is 17.9. The number of aromatic nitrogens is 12.